The quantitative estimate of drug-likeness (QED) is 0.869. The monoisotopic (exact) mass is 298 g/mol. The number of nitrogens with two attached hydrogens (primary N) is 1. The zero-order valence-electron chi connectivity index (χ0n) is 11.6. The molecule has 104 valence electrons. The first-order valence-electron chi connectivity index (χ1n) is 6.00. The molecule has 0 fully saturated rings. The molecule has 1 amide bonds. The van der Waals surface area contributed by atoms with Gasteiger partial charge in [-0.15, -0.1) is 0 Å². The summed E-state index contributed by atoms with van der Waals surface area (Å²) in [5.41, 5.74) is 5.76. The normalized spacial score (nSPS) is 12.9. The van der Waals surface area contributed by atoms with Crippen molar-refractivity contribution in [3.8, 4) is 0 Å². The van der Waals surface area contributed by atoms with Crippen LogP contribution in [0.25, 0.3) is 0 Å². The summed E-state index contributed by atoms with van der Waals surface area (Å²) in [5, 5.41) is 0.652. The van der Waals surface area contributed by atoms with Gasteiger partial charge in [0.25, 0.3) is 0 Å². The molecule has 0 heterocycles. The van der Waals surface area contributed by atoms with Gasteiger partial charge in [0, 0.05) is 12.1 Å². The zero-order valence-corrected chi connectivity index (χ0v) is 13.2. The second kappa shape index (κ2) is 5.88. The highest BCUT2D eigenvalue weighted by atomic mass is 35.5. The van der Waals surface area contributed by atoms with E-state index in [9.17, 15) is 4.79 Å². The molecule has 0 aliphatic heterocycles. The summed E-state index contributed by atoms with van der Waals surface area (Å²) in [7, 11) is 1.74. The van der Waals surface area contributed by atoms with E-state index in [-0.39, 0.29) is 16.9 Å². The number of hydrogen-bond acceptors (Lipinski definition) is 2. The minimum absolute atomic E-state index is 0.0974. The molecule has 0 saturated carbocycles. The Hall–Kier alpha value is -1.13. The van der Waals surface area contributed by atoms with Crippen LogP contribution < -0.4 is 5.73 Å². The Labute approximate surface area is 124 Å². The summed E-state index contributed by atoms with van der Waals surface area (Å²) in [6.45, 7) is 5.41. The molecule has 1 aromatic rings. The predicted molar refractivity (Wildman–Crippen MR) is 83.2 cm³/mol. The third-order valence-corrected chi connectivity index (χ3v) is 4.13. The van der Waals surface area contributed by atoms with Crippen LogP contribution in [0.4, 0.5) is 0 Å². The standard InChI is InChI=1S/C14H19ClN2OS/c1-9(10-6-5-7-11(15)8-10)17(4)13(18)14(2,3)12(16)19/h5-9H,1-4H3,(H2,16,19). The molecule has 19 heavy (non-hydrogen) atoms. The van der Waals surface area contributed by atoms with Crippen LogP contribution in [0.3, 0.4) is 0 Å². The van der Waals surface area contributed by atoms with Gasteiger partial charge in [0.05, 0.1) is 16.4 Å². The summed E-state index contributed by atoms with van der Waals surface area (Å²) in [4.78, 5) is 14.3. The van der Waals surface area contributed by atoms with Crippen LogP contribution >= 0.6 is 23.8 Å². The van der Waals surface area contributed by atoms with Crippen LogP contribution in [0.5, 0.6) is 0 Å². The SMILES string of the molecule is CC(c1cccc(Cl)c1)N(C)C(=O)C(C)(C)C(N)=S. The van der Waals surface area contributed by atoms with E-state index >= 15 is 0 Å². The van der Waals surface area contributed by atoms with E-state index in [0.717, 1.165) is 5.56 Å². The van der Waals surface area contributed by atoms with Crippen LogP contribution in [0.15, 0.2) is 24.3 Å². The molecule has 1 rings (SSSR count). The van der Waals surface area contributed by atoms with Crippen molar-refractivity contribution in [3.63, 3.8) is 0 Å². The number of nitrogens with zero attached hydrogens (tertiary/aromatic N) is 1. The first-order valence-corrected chi connectivity index (χ1v) is 6.79. The zero-order chi connectivity index (χ0) is 14.8. The Kier molecular flexibility index (Phi) is 4.93. The molecule has 0 aromatic heterocycles. The molecule has 0 aliphatic rings. The third-order valence-electron chi connectivity index (χ3n) is 3.38. The number of carbonyl (C=O) groups is 1. The molecule has 0 bridgehead atoms. The molecule has 2 N–H and O–H groups in total. The van der Waals surface area contributed by atoms with Crippen molar-refractivity contribution >= 4 is 34.7 Å². The minimum Gasteiger partial charge on any atom is -0.392 e. The lowest BCUT2D eigenvalue weighted by Crippen LogP contribution is -2.46. The van der Waals surface area contributed by atoms with Gasteiger partial charge in [-0.25, -0.2) is 0 Å². The molecular formula is C14H19ClN2OS. The highest BCUT2D eigenvalue weighted by molar-refractivity contribution is 7.80. The molecular weight excluding hydrogens is 280 g/mol. The maximum atomic E-state index is 12.4. The summed E-state index contributed by atoms with van der Waals surface area (Å²) >= 11 is 10.9. The average Bonchev–Trinajstić information content (AvgIpc) is 2.35. The minimum atomic E-state index is -0.850. The van der Waals surface area contributed by atoms with Gasteiger partial charge < -0.3 is 10.6 Å². The van der Waals surface area contributed by atoms with E-state index in [1.807, 2.05) is 25.1 Å². The van der Waals surface area contributed by atoms with E-state index in [1.54, 1.807) is 31.9 Å². The van der Waals surface area contributed by atoms with Crippen LogP contribution in [0.2, 0.25) is 5.02 Å². The lowest BCUT2D eigenvalue weighted by Gasteiger charge is -2.32. The van der Waals surface area contributed by atoms with Crippen molar-refractivity contribution in [2.75, 3.05) is 7.05 Å². The molecule has 1 unspecified atom stereocenters. The fraction of sp³-hybridized carbons (Fsp3) is 0.429. The van der Waals surface area contributed by atoms with Gasteiger partial charge in [-0.2, -0.15) is 0 Å². The van der Waals surface area contributed by atoms with Gasteiger partial charge >= 0.3 is 0 Å². The fourth-order valence-electron chi connectivity index (χ4n) is 1.71. The number of thiocarbonyl (C=S) groups is 1. The lowest BCUT2D eigenvalue weighted by atomic mass is 9.90. The number of amides is 1. The van der Waals surface area contributed by atoms with Gasteiger partial charge in [0.1, 0.15) is 0 Å². The highest BCUT2D eigenvalue weighted by Crippen LogP contribution is 2.27. The number of rotatable bonds is 4. The molecule has 5 heteroatoms. The van der Waals surface area contributed by atoms with Crippen LogP contribution in [0.1, 0.15) is 32.4 Å². The Bertz CT molecular complexity index is 502. The van der Waals surface area contributed by atoms with E-state index in [4.69, 9.17) is 29.6 Å². The molecule has 0 saturated heterocycles. The van der Waals surface area contributed by atoms with Crippen molar-refractivity contribution < 1.29 is 4.79 Å². The lowest BCUT2D eigenvalue weighted by molar-refractivity contribution is -0.137. The largest absolute Gasteiger partial charge is 0.392 e. The Morgan fingerprint density at radius 2 is 2.05 bits per heavy atom. The average molecular weight is 299 g/mol. The third kappa shape index (κ3) is 3.45. The van der Waals surface area contributed by atoms with Crippen LogP contribution in [0, 0.1) is 5.41 Å². The smallest absolute Gasteiger partial charge is 0.235 e. The number of hydrogen-bond donors (Lipinski definition) is 1. The highest BCUT2D eigenvalue weighted by Gasteiger charge is 2.35. The van der Waals surface area contributed by atoms with E-state index < -0.39 is 5.41 Å². The van der Waals surface area contributed by atoms with Gasteiger partial charge in [-0.05, 0) is 38.5 Å². The number of halogens is 1. The van der Waals surface area contributed by atoms with Gasteiger partial charge in [-0.1, -0.05) is 36.0 Å². The van der Waals surface area contributed by atoms with E-state index in [1.165, 1.54) is 0 Å². The van der Waals surface area contributed by atoms with E-state index in [0.29, 0.717) is 5.02 Å². The van der Waals surface area contributed by atoms with Crippen LogP contribution in [-0.2, 0) is 4.79 Å². The number of benzene rings is 1. The Balaban J connectivity index is 2.97. The summed E-state index contributed by atoms with van der Waals surface area (Å²) in [6, 6.07) is 7.36. The fourth-order valence-corrected chi connectivity index (χ4v) is 2.00. The van der Waals surface area contributed by atoms with Crippen molar-refractivity contribution in [1.29, 1.82) is 0 Å². The second-order valence-corrected chi connectivity index (χ2v) is 6.01. The first-order chi connectivity index (χ1) is 8.67. The summed E-state index contributed by atoms with van der Waals surface area (Å²) in [5.74, 6) is -0.104. The molecule has 0 aliphatic carbocycles. The van der Waals surface area contributed by atoms with Gasteiger partial charge in [-0.3, -0.25) is 4.79 Å². The number of carbonyl (C=O) groups excluding carboxylic acids is 1. The predicted octanol–water partition coefficient (Wildman–Crippen LogP) is 3.17. The molecule has 1 atom stereocenters. The van der Waals surface area contributed by atoms with Crippen LogP contribution in [-0.4, -0.2) is 22.8 Å². The van der Waals surface area contributed by atoms with E-state index in [2.05, 4.69) is 0 Å². The Morgan fingerprint density at radius 3 is 2.53 bits per heavy atom. The molecule has 1 aromatic carbocycles. The summed E-state index contributed by atoms with van der Waals surface area (Å²) in [6.07, 6.45) is 0. The molecule has 0 spiro atoms. The first kappa shape index (κ1) is 15.9. The van der Waals surface area contributed by atoms with Crippen molar-refractivity contribution in [1.82, 2.24) is 4.90 Å². The van der Waals surface area contributed by atoms with Gasteiger partial charge in [0.2, 0.25) is 5.91 Å². The van der Waals surface area contributed by atoms with Gasteiger partial charge in [0.15, 0.2) is 0 Å². The summed E-state index contributed by atoms with van der Waals surface area (Å²) < 4.78 is 0. The van der Waals surface area contributed by atoms with Crippen molar-refractivity contribution in [3.05, 3.63) is 34.9 Å². The topological polar surface area (TPSA) is 46.3 Å². The Morgan fingerprint density at radius 1 is 1.47 bits per heavy atom. The van der Waals surface area contributed by atoms with Crippen molar-refractivity contribution in [2.24, 2.45) is 11.1 Å². The molecule has 3 nitrogen and oxygen atoms in total. The van der Waals surface area contributed by atoms with Crippen molar-refractivity contribution in [2.45, 2.75) is 26.8 Å². The maximum Gasteiger partial charge on any atom is 0.235 e. The second-order valence-electron chi connectivity index (χ2n) is 5.14. The molecule has 0 radical (unpaired) electrons. The maximum absolute atomic E-state index is 12.4.